The van der Waals surface area contributed by atoms with Crippen LogP contribution in [0, 0.1) is 16.0 Å². The molecule has 0 radical (unpaired) electrons. The maximum absolute atomic E-state index is 11.2. The van der Waals surface area contributed by atoms with Gasteiger partial charge in [0.25, 0.3) is 0 Å². The fourth-order valence-corrected chi connectivity index (χ4v) is 2.41. The Bertz CT molecular complexity index is 481. The van der Waals surface area contributed by atoms with Crippen LogP contribution in [0.3, 0.4) is 0 Å². The Kier molecular flexibility index (Phi) is 4.67. The van der Waals surface area contributed by atoms with Crippen molar-refractivity contribution in [3.8, 4) is 0 Å². The molecule has 2 heterocycles. The minimum atomic E-state index is -0.443. The number of likely N-dealkylation sites (tertiary alicyclic amines) is 1. The van der Waals surface area contributed by atoms with Crippen LogP contribution in [0.25, 0.3) is 0 Å². The van der Waals surface area contributed by atoms with Gasteiger partial charge in [-0.2, -0.15) is 0 Å². The molecule has 0 spiro atoms. The van der Waals surface area contributed by atoms with Gasteiger partial charge in [0.15, 0.2) is 0 Å². The first kappa shape index (κ1) is 14.4. The van der Waals surface area contributed by atoms with Crippen LogP contribution in [0.1, 0.15) is 13.3 Å². The van der Waals surface area contributed by atoms with Crippen molar-refractivity contribution in [3.63, 3.8) is 0 Å². The fourth-order valence-electron chi connectivity index (χ4n) is 2.41. The van der Waals surface area contributed by atoms with Crippen molar-refractivity contribution < 1.29 is 4.92 Å². The summed E-state index contributed by atoms with van der Waals surface area (Å²) in [5.74, 6) is 1.05. The zero-order valence-corrected chi connectivity index (χ0v) is 11.8. The number of nitrogens with zero attached hydrogens (tertiary/aromatic N) is 4. The molecule has 0 amide bonds. The monoisotopic (exact) mass is 280 g/mol. The molecule has 2 rings (SSSR count). The second kappa shape index (κ2) is 6.47. The van der Waals surface area contributed by atoms with E-state index in [9.17, 15) is 10.1 Å². The van der Waals surface area contributed by atoms with Gasteiger partial charge in [-0.1, -0.05) is 0 Å². The van der Waals surface area contributed by atoms with Gasteiger partial charge < -0.3 is 15.5 Å². The molecule has 1 aromatic heterocycles. The van der Waals surface area contributed by atoms with Crippen LogP contribution >= 0.6 is 0 Å². The average molecular weight is 280 g/mol. The number of nitrogens with one attached hydrogen (secondary N) is 2. The molecule has 0 saturated carbocycles. The number of anilines is 2. The van der Waals surface area contributed by atoms with Crippen molar-refractivity contribution in [2.24, 2.45) is 5.92 Å². The van der Waals surface area contributed by atoms with Crippen LogP contribution in [0.4, 0.5) is 17.3 Å². The average Bonchev–Trinajstić information content (AvgIpc) is 2.82. The highest BCUT2D eigenvalue weighted by atomic mass is 16.6. The summed E-state index contributed by atoms with van der Waals surface area (Å²) in [7, 11) is 2.08. The zero-order chi connectivity index (χ0) is 14.5. The Morgan fingerprint density at radius 1 is 1.45 bits per heavy atom. The standard InChI is InChI=1S/C12H20N6O2/c1-3-13-11-10(18(19)20)12(16-8-15-11)14-6-9-4-5-17(2)7-9/h8-9H,3-7H2,1-2H3,(H2,13,14,15,16). The number of aromatic nitrogens is 2. The maximum atomic E-state index is 11.2. The van der Waals surface area contributed by atoms with Gasteiger partial charge in [0.2, 0.25) is 11.6 Å². The SMILES string of the molecule is CCNc1ncnc(NCC2CCN(C)C2)c1[N+](=O)[O-]. The minimum absolute atomic E-state index is 0.0827. The number of rotatable bonds is 6. The summed E-state index contributed by atoms with van der Waals surface area (Å²) in [6.45, 7) is 5.21. The lowest BCUT2D eigenvalue weighted by atomic mass is 10.1. The summed E-state index contributed by atoms with van der Waals surface area (Å²) in [6.07, 6.45) is 2.44. The number of hydrogen-bond acceptors (Lipinski definition) is 7. The van der Waals surface area contributed by atoms with Crippen molar-refractivity contribution in [1.82, 2.24) is 14.9 Å². The lowest BCUT2D eigenvalue weighted by Gasteiger charge is -2.13. The van der Waals surface area contributed by atoms with Crippen molar-refractivity contribution in [3.05, 3.63) is 16.4 Å². The summed E-state index contributed by atoms with van der Waals surface area (Å²) in [4.78, 5) is 20.9. The first-order valence-electron chi connectivity index (χ1n) is 6.77. The lowest BCUT2D eigenvalue weighted by molar-refractivity contribution is -0.383. The van der Waals surface area contributed by atoms with Crippen molar-refractivity contribution in [2.45, 2.75) is 13.3 Å². The van der Waals surface area contributed by atoms with Gasteiger partial charge in [0.05, 0.1) is 4.92 Å². The maximum Gasteiger partial charge on any atom is 0.353 e. The quantitative estimate of drug-likeness (QED) is 0.596. The molecule has 2 N–H and O–H groups in total. The second-order valence-corrected chi connectivity index (χ2v) is 5.00. The first-order valence-corrected chi connectivity index (χ1v) is 6.77. The van der Waals surface area contributed by atoms with Crippen LogP contribution in [0.5, 0.6) is 0 Å². The van der Waals surface area contributed by atoms with Crippen molar-refractivity contribution in [1.29, 1.82) is 0 Å². The van der Waals surface area contributed by atoms with E-state index in [1.54, 1.807) is 0 Å². The Hall–Kier alpha value is -1.96. The number of hydrogen-bond donors (Lipinski definition) is 2. The molecule has 110 valence electrons. The molecular weight excluding hydrogens is 260 g/mol. The smallest absolute Gasteiger partial charge is 0.353 e. The Balaban J connectivity index is 2.10. The molecule has 1 aliphatic rings. The van der Waals surface area contributed by atoms with E-state index in [1.807, 2.05) is 6.92 Å². The topological polar surface area (TPSA) is 96.2 Å². The predicted octanol–water partition coefficient (Wildman–Crippen LogP) is 1.18. The molecular formula is C12H20N6O2. The van der Waals surface area contributed by atoms with E-state index in [1.165, 1.54) is 6.33 Å². The van der Waals surface area contributed by atoms with E-state index in [2.05, 4.69) is 32.5 Å². The molecule has 1 atom stereocenters. The molecule has 0 aliphatic carbocycles. The van der Waals surface area contributed by atoms with Gasteiger partial charge >= 0.3 is 5.69 Å². The van der Waals surface area contributed by atoms with E-state index < -0.39 is 4.92 Å². The summed E-state index contributed by atoms with van der Waals surface area (Å²) in [5, 5.41) is 17.2. The molecule has 20 heavy (non-hydrogen) atoms. The molecule has 8 nitrogen and oxygen atoms in total. The Morgan fingerprint density at radius 2 is 2.15 bits per heavy atom. The van der Waals surface area contributed by atoms with Crippen molar-refractivity contribution >= 4 is 17.3 Å². The van der Waals surface area contributed by atoms with Gasteiger partial charge in [-0.15, -0.1) is 0 Å². The molecule has 8 heteroatoms. The minimum Gasteiger partial charge on any atom is -0.364 e. The molecule has 1 fully saturated rings. The Labute approximate surface area is 117 Å². The van der Waals surface area contributed by atoms with Gasteiger partial charge in [-0.25, -0.2) is 9.97 Å². The fraction of sp³-hybridized carbons (Fsp3) is 0.667. The van der Waals surface area contributed by atoms with Crippen LogP contribution < -0.4 is 10.6 Å². The third-order valence-corrected chi connectivity index (χ3v) is 3.40. The molecule has 1 unspecified atom stereocenters. The molecule has 0 bridgehead atoms. The van der Waals surface area contributed by atoms with E-state index in [-0.39, 0.29) is 17.3 Å². The molecule has 0 aromatic carbocycles. The molecule has 1 saturated heterocycles. The third kappa shape index (κ3) is 3.32. The zero-order valence-electron chi connectivity index (χ0n) is 11.8. The normalized spacial score (nSPS) is 19.0. The highest BCUT2D eigenvalue weighted by Crippen LogP contribution is 2.29. The van der Waals surface area contributed by atoms with Crippen LogP contribution in [0.15, 0.2) is 6.33 Å². The van der Waals surface area contributed by atoms with E-state index in [0.29, 0.717) is 19.0 Å². The van der Waals surface area contributed by atoms with Crippen LogP contribution in [-0.4, -0.2) is 53.0 Å². The summed E-state index contributed by atoms with van der Waals surface area (Å²) in [5.41, 5.74) is -0.0827. The third-order valence-electron chi connectivity index (χ3n) is 3.40. The largest absolute Gasteiger partial charge is 0.364 e. The first-order chi connectivity index (χ1) is 9.61. The summed E-state index contributed by atoms with van der Waals surface area (Å²) < 4.78 is 0. The summed E-state index contributed by atoms with van der Waals surface area (Å²) in [6, 6.07) is 0. The van der Waals surface area contributed by atoms with E-state index in [0.717, 1.165) is 19.5 Å². The van der Waals surface area contributed by atoms with Crippen LogP contribution in [0.2, 0.25) is 0 Å². The van der Waals surface area contributed by atoms with E-state index in [4.69, 9.17) is 0 Å². The van der Waals surface area contributed by atoms with E-state index >= 15 is 0 Å². The van der Waals surface area contributed by atoms with Gasteiger partial charge in [0.1, 0.15) is 6.33 Å². The molecule has 1 aromatic rings. The molecule has 1 aliphatic heterocycles. The summed E-state index contributed by atoms with van der Waals surface area (Å²) >= 11 is 0. The van der Waals surface area contributed by atoms with Gasteiger partial charge in [0, 0.05) is 19.6 Å². The van der Waals surface area contributed by atoms with Crippen LogP contribution in [-0.2, 0) is 0 Å². The van der Waals surface area contributed by atoms with Gasteiger partial charge in [-0.05, 0) is 32.9 Å². The van der Waals surface area contributed by atoms with Gasteiger partial charge in [-0.3, -0.25) is 10.1 Å². The number of nitro groups is 1. The highest BCUT2D eigenvalue weighted by Gasteiger charge is 2.24. The van der Waals surface area contributed by atoms with Crippen molar-refractivity contribution in [2.75, 3.05) is 43.9 Å². The lowest BCUT2D eigenvalue weighted by Crippen LogP contribution is -2.20. The highest BCUT2D eigenvalue weighted by molar-refractivity contribution is 5.69. The second-order valence-electron chi connectivity index (χ2n) is 5.00. The Morgan fingerprint density at radius 3 is 2.70 bits per heavy atom. The predicted molar refractivity (Wildman–Crippen MR) is 76.9 cm³/mol.